The molecule has 5 heteroatoms. The van der Waals surface area contributed by atoms with Gasteiger partial charge in [-0.2, -0.15) is 0 Å². The molecule has 2 unspecified atom stereocenters. The SMILES string of the molecule is CNC(C(=O)O)C(N)c1c(C)cc(C)cc1OC. The van der Waals surface area contributed by atoms with Crippen molar-refractivity contribution in [2.75, 3.05) is 14.2 Å². The Bertz CT molecular complexity index is 446. The Labute approximate surface area is 107 Å². The highest BCUT2D eigenvalue weighted by atomic mass is 16.5. The van der Waals surface area contributed by atoms with Gasteiger partial charge in [-0.05, 0) is 38.1 Å². The van der Waals surface area contributed by atoms with E-state index in [-0.39, 0.29) is 0 Å². The van der Waals surface area contributed by atoms with Crippen molar-refractivity contribution in [3.05, 3.63) is 28.8 Å². The third kappa shape index (κ3) is 2.80. The van der Waals surface area contributed by atoms with Crippen molar-refractivity contribution in [1.82, 2.24) is 5.32 Å². The zero-order valence-corrected chi connectivity index (χ0v) is 11.2. The van der Waals surface area contributed by atoms with Gasteiger partial charge in [0.15, 0.2) is 0 Å². The molecule has 0 aliphatic rings. The summed E-state index contributed by atoms with van der Waals surface area (Å²) in [6, 6.07) is 2.31. The number of likely N-dealkylation sites (N-methyl/N-ethyl adjacent to an activating group) is 1. The zero-order chi connectivity index (χ0) is 13.9. The molecule has 0 saturated heterocycles. The van der Waals surface area contributed by atoms with Gasteiger partial charge in [0.2, 0.25) is 0 Å². The van der Waals surface area contributed by atoms with Crippen molar-refractivity contribution in [3.63, 3.8) is 0 Å². The summed E-state index contributed by atoms with van der Waals surface area (Å²) in [6.07, 6.45) is 0. The smallest absolute Gasteiger partial charge is 0.322 e. The maximum Gasteiger partial charge on any atom is 0.322 e. The predicted octanol–water partition coefficient (Wildman–Crippen LogP) is 0.984. The van der Waals surface area contributed by atoms with Crippen LogP contribution < -0.4 is 15.8 Å². The summed E-state index contributed by atoms with van der Waals surface area (Å²) in [5, 5.41) is 11.8. The highest BCUT2D eigenvalue weighted by Crippen LogP contribution is 2.30. The number of rotatable bonds is 5. The summed E-state index contributed by atoms with van der Waals surface area (Å²) in [7, 11) is 3.13. The molecule has 5 nitrogen and oxygen atoms in total. The molecule has 1 aromatic rings. The van der Waals surface area contributed by atoms with E-state index < -0.39 is 18.1 Å². The van der Waals surface area contributed by atoms with E-state index in [0.29, 0.717) is 5.75 Å². The minimum atomic E-state index is -0.980. The highest BCUT2D eigenvalue weighted by Gasteiger charge is 2.28. The van der Waals surface area contributed by atoms with Crippen LogP contribution >= 0.6 is 0 Å². The first kappa shape index (κ1) is 14.5. The number of ether oxygens (including phenoxy) is 1. The normalized spacial score (nSPS) is 14.1. The van der Waals surface area contributed by atoms with Crippen molar-refractivity contribution >= 4 is 5.97 Å². The van der Waals surface area contributed by atoms with Crippen molar-refractivity contribution in [1.29, 1.82) is 0 Å². The Kier molecular flexibility index (Phi) is 4.69. The molecule has 4 N–H and O–H groups in total. The van der Waals surface area contributed by atoms with Gasteiger partial charge in [-0.15, -0.1) is 0 Å². The van der Waals surface area contributed by atoms with Crippen molar-refractivity contribution in [2.45, 2.75) is 25.9 Å². The number of nitrogens with one attached hydrogen (secondary N) is 1. The molecule has 0 aromatic heterocycles. The van der Waals surface area contributed by atoms with E-state index in [1.807, 2.05) is 26.0 Å². The number of carbonyl (C=O) groups is 1. The van der Waals surface area contributed by atoms with Gasteiger partial charge >= 0.3 is 5.97 Å². The maximum absolute atomic E-state index is 11.1. The van der Waals surface area contributed by atoms with Gasteiger partial charge in [-0.25, -0.2) is 0 Å². The number of hydrogen-bond donors (Lipinski definition) is 3. The molecule has 0 radical (unpaired) electrons. The van der Waals surface area contributed by atoms with E-state index >= 15 is 0 Å². The third-order valence-electron chi connectivity index (χ3n) is 2.98. The Morgan fingerprint density at radius 3 is 2.50 bits per heavy atom. The summed E-state index contributed by atoms with van der Waals surface area (Å²) in [5.41, 5.74) is 8.77. The maximum atomic E-state index is 11.1. The fraction of sp³-hybridized carbons (Fsp3) is 0.462. The number of nitrogens with two attached hydrogens (primary N) is 1. The monoisotopic (exact) mass is 252 g/mol. The molecule has 1 rings (SSSR count). The van der Waals surface area contributed by atoms with Crippen molar-refractivity contribution < 1.29 is 14.6 Å². The molecule has 2 atom stereocenters. The minimum Gasteiger partial charge on any atom is -0.496 e. The molecule has 18 heavy (non-hydrogen) atoms. The van der Waals surface area contributed by atoms with Crippen LogP contribution in [-0.2, 0) is 4.79 Å². The van der Waals surface area contributed by atoms with Crippen LogP contribution in [0, 0.1) is 13.8 Å². The molecule has 0 saturated carbocycles. The van der Waals surface area contributed by atoms with E-state index in [1.165, 1.54) is 0 Å². The Morgan fingerprint density at radius 2 is 2.06 bits per heavy atom. The second-order valence-corrected chi connectivity index (χ2v) is 4.33. The van der Waals surface area contributed by atoms with Gasteiger partial charge in [-0.3, -0.25) is 4.79 Å². The molecular weight excluding hydrogens is 232 g/mol. The molecule has 0 spiro atoms. The highest BCUT2D eigenvalue weighted by molar-refractivity contribution is 5.75. The van der Waals surface area contributed by atoms with Gasteiger partial charge in [0.05, 0.1) is 13.2 Å². The lowest BCUT2D eigenvalue weighted by molar-refractivity contribution is -0.139. The lowest BCUT2D eigenvalue weighted by Crippen LogP contribution is -2.43. The van der Waals surface area contributed by atoms with Crippen LogP contribution in [0.2, 0.25) is 0 Å². The molecule has 0 heterocycles. The molecule has 0 aliphatic heterocycles. The van der Waals surface area contributed by atoms with Crippen molar-refractivity contribution in [3.8, 4) is 5.75 Å². The number of carboxylic acid groups (broad SMARTS) is 1. The zero-order valence-electron chi connectivity index (χ0n) is 11.2. The minimum absolute atomic E-state index is 0.626. The van der Waals surface area contributed by atoms with Crippen LogP contribution in [0.25, 0.3) is 0 Å². The fourth-order valence-electron chi connectivity index (χ4n) is 2.16. The standard InChI is InChI=1S/C13H20N2O3/c1-7-5-8(2)10(9(6-7)18-4)11(14)12(15-3)13(16)17/h5-6,11-12,15H,14H2,1-4H3,(H,16,17). The third-order valence-corrected chi connectivity index (χ3v) is 2.98. The Hall–Kier alpha value is -1.59. The quantitative estimate of drug-likeness (QED) is 0.727. The van der Waals surface area contributed by atoms with Crippen LogP contribution in [0.5, 0.6) is 5.75 Å². The molecule has 0 aliphatic carbocycles. The largest absolute Gasteiger partial charge is 0.496 e. The summed E-state index contributed by atoms with van der Waals surface area (Å²) in [6.45, 7) is 3.86. The van der Waals surface area contributed by atoms with Gasteiger partial charge in [0, 0.05) is 5.56 Å². The van der Waals surface area contributed by atoms with Gasteiger partial charge in [0.1, 0.15) is 11.8 Å². The topological polar surface area (TPSA) is 84.6 Å². The summed E-state index contributed by atoms with van der Waals surface area (Å²) in [4.78, 5) is 11.1. The van der Waals surface area contributed by atoms with E-state index in [4.69, 9.17) is 15.6 Å². The first-order valence-electron chi connectivity index (χ1n) is 5.73. The first-order chi connectivity index (χ1) is 8.42. The first-order valence-corrected chi connectivity index (χ1v) is 5.73. The summed E-state index contributed by atoms with van der Waals surface area (Å²) in [5.74, 6) is -0.353. The van der Waals surface area contributed by atoms with Crippen LogP contribution in [-0.4, -0.2) is 31.3 Å². The summed E-state index contributed by atoms with van der Waals surface area (Å²) < 4.78 is 5.30. The van der Waals surface area contributed by atoms with Crippen LogP contribution in [0.4, 0.5) is 0 Å². The fourth-order valence-corrected chi connectivity index (χ4v) is 2.16. The van der Waals surface area contributed by atoms with Crippen LogP contribution in [0.15, 0.2) is 12.1 Å². The van der Waals surface area contributed by atoms with E-state index in [0.717, 1.165) is 16.7 Å². The second kappa shape index (κ2) is 5.84. The molecule has 0 bridgehead atoms. The molecular formula is C13H20N2O3. The van der Waals surface area contributed by atoms with Gasteiger partial charge < -0.3 is 20.9 Å². The number of carboxylic acids is 1. The van der Waals surface area contributed by atoms with E-state index in [1.54, 1.807) is 14.2 Å². The molecule has 0 fully saturated rings. The number of benzene rings is 1. The number of aliphatic carboxylic acids is 1. The lowest BCUT2D eigenvalue weighted by atomic mass is 9.93. The van der Waals surface area contributed by atoms with Crippen LogP contribution in [0.1, 0.15) is 22.7 Å². The van der Waals surface area contributed by atoms with Crippen LogP contribution in [0.3, 0.4) is 0 Å². The second-order valence-electron chi connectivity index (χ2n) is 4.33. The van der Waals surface area contributed by atoms with E-state index in [2.05, 4.69) is 5.32 Å². The average molecular weight is 252 g/mol. The van der Waals surface area contributed by atoms with Crippen molar-refractivity contribution in [2.24, 2.45) is 5.73 Å². The Morgan fingerprint density at radius 1 is 1.44 bits per heavy atom. The number of methoxy groups -OCH3 is 1. The number of hydrogen-bond acceptors (Lipinski definition) is 4. The summed E-state index contributed by atoms with van der Waals surface area (Å²) >= 11 is 0. The van der Waals surface area contributed by atoms with Gasteiger partial charge in [-0.1, -0.05) is 6.07 Å². The van der Waals surface area contributed by atoms with E-state index in [9.17, 15) is 4.79 Å². The Balaban J connectivity index is 3.27. The predicted molar refractivity (Wildman–Crippen MR) is 69.9 cm³/mol. The molecule has 100 valence electrons. The number of aryl methyl sites for hydroxylation is 2. The lowest BCUT2D eigenvalue weighted by Gasteiger charge is -2.24. The molecule has 0 amide bonds. The van der Waals surface area contributed by atoms with Gasteiger partial charge in [0.25, 0.3) is 0 Å². The average Bonchev–Trinajstić information content (AvgIpc) is 2.27. The molecule has 1 aromatic carbocycles.